The van der Waals surface area contributed by atoms with Crippen LogP contribution in [-0.4, -0.2) is 49.7 Å². The van der Waals surface area contributed by atoms with Crippen LogP contribution in [0.4, 0.5) is 4.39 Å². The average molecular weight is 346 g/mol. The summed E-state index contributed by atoms with van der Waals surface area (Å²) in [5, 5.41) is 0. The van der Waals surface area contributed by atoms with Gasteiger partial charge < -0.3 is 14.4 Å². The maximum absolute atomic E-state index is 14.0. The predicted octanol–water partition coefficient (Wildman–Crippen LogP) is 1.60. The topological polar surface area (TPSA) is 55.8 Å². The van der Waals surface area contributed by atoms with E-state index in [-0.39, 0.29) is 23.2 Å². The number of carbonyl (C=O) groups is 2. The van der Waals surface area contributed by atoms with Gasteiger partial charge in [0.25, 0.3) is 5.91 Å². The molecule has 0 spiro atoms. The van der Waals surface area contributed by atoms with Gasteiger partial charge in [-0.1, -0.05) is 6.07 Å². The lowest BCUT2D eigenvalue weighted by Crippen LogP contribution is -2.53. The smallest absolute Gasteiger partial charge is 0.331 e. The molecule has 1 heterocycles. The summed E-state index contributed by atoms with van der Waals surface area (Å²) in [6.07, 6.45) is 0. The lowest BCUT2D eigenvalue weighted by Gasteiger charge is -2.33. The number of halogens is 2. The highest BCUT2D eigenvalue weighted by molar-refractivity contribution is 9.10. The second-order valence-electron chi connectivity index (χ2n) is 4.21. The molecule has 108 valence electrons. The largest absolute Gasteiger partial charge is 0.467 e. The molecule has 1 aliphatic rings. The molecule has 0 aromatic heterocycles. The zero-order valence-electron chi connectivity index (χ0n) is 10.8. The lowest BCUT2D eigenvalue weighted by atomic mass is 10.1. The number of rotatable bonds is 2. The summed E-state index contributed by atoms with van der Waals surface area (Å²) >= 11 is 3.03. The van der Waals surface area contributed by atoms with E-state index in [4.69, 9.17) is 4.74 Å². The molecule has 1 atom stereocenters. The molecule has 0 N–H and O–H groups in total. The third-order valence-corrected chi connectivity index (χ3v) is 3.66. The summed E-state index contributed by atoms with van der Waals surface area (Å²) in [5.74, 6) is -1.77. The summed E-state index contributed by atoms with van der Waals surface area (Å²) in [5.41, 5.74) is -0.0878. The Morgan fingerprint density at radius 1 is 1.50 bits per heavy atom. The number of hydrogen-bond acceptors (Lipinski definition) is 4. The molecule has 7 heteroatoms. The molecule has 0 bridgehead atoms. The number of morpholine rings is 1. The van der Waals surface area contributed by atoms with Gasteiger partial charge in [0.05, 0.1) is 30.4 Å². The molecule has 1 aromatic carbocycles. The van der Waals surface area contributed by atoms with E-state index >= 15 is 0 Å². The molecule has 1 unspecified atom stereocenters. The Morgan fingerprint density at radius 3 is 2.95 bits per heavy atom. The lowest BCUT2D eigenvalue weighted by molar-refractivity contribution is -0.151. The van der Waals surface area contributed by atoms with Crippen molar-refractivity contribution in [1.29, 1.82) is 0 Å². The first kappa shape index (κ1) is 14.9. The van der Waals surface area contributed by atoms with E-state index in [2.05, 4.69) is 20.7 Å². The third-order valence-electron chi connectivity index (χ3n) is 3.04. The number of nitrogens with zero attached hydrogens (tertiary/aromatic N) is 1. The molecule has 1 fully saturated rings. The van der Waals surface area contributed by atoms with Crippen molar-refractivity contribution in [1.82, 2.24) is 4.90 Å². The first-order chi connectivity index (χ1) is 9.56. The van der Waals surface area contributed by atoms with Crippen LogP contribution in [0, 0.1) is 5.82 Å². The van der Waals surface area contributed by atoms with Crippen LogP contribution in [0.15, 0.2) is 22.7 Å². The van der Waals surface area contributed by atoms with Gasteiger partial charge in [-0.3, -0.25) is 4.79 Å². The van der Waals surface area contributed by atoms with Crippen molar-refractivity contribution in [2.75, 3.05) is 26.9 Å². The number of benzene rings is 1. The Labute approximate surface area is 123 Å². The van der Waals surface area contributed by atoms with E-state index in [0.717, 1.165) is 0 Å². The Bertz CT molecular complexity index is 537. The van der Waals surface area contributed by atoms with Crippen LogP contribution < -0.4 is 0 Å². The summed E-state index contributed by atoms with van der Waals surface area (Å²) in [6.45, 7) is 0.563. The highest BCUT2D eigenvalue weighted by Gasteiger charge is 2.35. The molecule has 20 heavy (non-hydrogen) atoms. The Hall–Kier alpha value is -1.47. The summed E-state index contributed by atoms with van der Waals surface area (Å²) < 4.78 is 24.0. The van der Waals surface area contributed by atoms with Crippen molar-refractivity contribution in [2.45, 2.75) is 6.04 Å². The average Bonchev–Trinajstić information content (AvgIpc) is 2.48. The molecular formula is C13H13BrFNO4. The molecule has 1 saturated heterocycles. The van der Waals surface area contributed by atoms with E-state index in [0.29, 0.717) is 6.61 Å². The predicted molar refractivity (Wildman–Crippen MR) is 71.8 cm³/mol. The van der Waals surface area contributed by atoms with Gasteiger partial charge in [0.1, 0.15) is 5.82 Å². The van der Waals surface area contributed by atoms with Crippen molar-refractivity contribution in [3.05, 3.63) is 34.1 Å². The van der Waals surface area contributed by atoms with Crippen molar-refractivity contribution < 1.29 is 23.5 Å². The molecule has 1 aromatic rings. The Balaban J connectivity index is 2.30. The Kier molecular flexibility index (Phi) is 4.72. The molecule has 0 radical (unpaired) electrons. The number of carbonyl (C=O) groups excluding carboxylic acids is 2. The molecular weight excluding hydrogens is 333 g/mol. The van der Waals surface area contributed by atoms with E-state index in [1.54, 1.807) is 6.07 Å². The zero-order chi connectivity index (χ0) is 14.7. The van der Waals surface area contributed by atoms with Crippen LogP contribution in [-0.2, 0) is 14.3 Å². The number of amides is 1. The van der Waals surface area contributed by atoms with Gasteiger partial charge in [-0.05, 0) is 28.1 Å². The monoisotopic (exact) mass is 345 g/mol. The fourth-order valence-corrected chi connectivity index (χ4v) is 2.37. The molecule has 1 aliphatic heterocycles. The minimum Gasteiger partial charge on any atom is -0.467 e. The molecule has 0 saturated carbocycles. The summed E-state index contributed by atoms with van der Waals surface area (Å²) in [6, 6.07) is 3.60. The van der Waals surface area contributed by atoms with E-state index in [9.17, 15) is 14.0 Å². The van der Waals surface area contributed by atoms with Gasteiger partial charge in [0, 0.05) is 6.54 Å². The van der Waals surface area contributed by atoms with Gasteiger partial charge >= 0.3 is 5.97 Å². The van der Waals surface area contributed by atoms with Crippen LogP contribution in [0.2, 0.25) is 0 Å². The zero-order valence-corrected chi connectivity index (χ0v) is 12.4. The highest BCUT2D eigenvalue weighted by atomic mass is 79.9. The van der Waals surface area contributed by atoms with Crippen molar-refractivity contribution >= 4 is 27.8 Å². The van der Waals surface area contributed by atoms with E-state index in [1.807, 2.05) is 0 Å². The van der Waals surface area contributed by atoms with Crippen molar-refractivity contribution in [2.24, 2.45) is 0 Å². The van der Waals surface area contributed by atoms with Gasteiger partial charge in [0.15, 0.2) is 6.04 Å². The van der Waals surface area contributed by atoms with Crippen LogP contribution >= 0.6 is 15.9 Å². The minimum absolute atomic E-state index is 0.0496. The molecule has 5 nitrogen and oxygen atoms in total. The van der Waals surface area contributed by atoms with E-state index < -0.39 is 23.7 Å². The van der Waals surface area contributed by atoms with Gasteiger partial charge in [-0.15, -0.1) is 0 Å². The van der Waals surface area contributed by atoms with Gasteiger partial charge in [-0.25, -0.2) is 9.18 Å². The first-order valence-electron chi connectivity index (χ1n) is 5.96. The fraction of sp³-hybridized carbons (Fsp3) is 0.385. The maximum Gasteiger partial charge on any atom is 0.331 e. The standard InChI is InChI=1S/C13H13BrFNO4/c1-19-13(18)10-7-20-6-5-16(10)12(17)8-3-2-4-9(14)11(8)15/h2-4,10H,5-7H2,1H3. The number of esters is 1. The minimum atomic E-state index is -0.848. The van der Waals surface area contributed by atoms with Gasteiger partial charge in [-0.2, -0.15) is 0 Å². The molecule has 0 aliphatic carbocycles. The SMILES string of the molecule is COC(=O)C1COCCN1C(=O)c1cccc(Br)c1F. The van der Waals surface area contributed by atoms with Crippen LogP contribution in [0.3, 0.4) is 0 Å². The van der Waals surface area contributed by atoms with Crippen molar-refractivity contribution in [3.8, 4) is 0 Å². The number of hydrogen-bond donors (Lipinski definition) is 0. The van der Waals surface area contributed by atoms with Crippen LogP contribution in [0.1, 0.15) is 10.4 Å². The Morgan fingerprint density at radius 2 is 2.25 bits per heavy atom. The maximum atomic E-state index is 14.0. The molecule has 2 rings (SSSR count). The number of ether oxygens (including phenoxy) is 2. The fourth-order valence-electron chi connectivity index (χ4n) is 2.00. The van der Waals surface area contributed by atoms with Crippen LogP contribution in [0.5, 0.6) is 0 Å². The quantitative estimate of drug-likeness (QED) is 0.764. The summed E-state index contributed by atoms with van der Waals surface area (Å²) in [7, 11) is 1.24. The molecule has 1 amide bonds. The second-order valence-corrected chi connectivity index (χ2v) is 5.07. The highest BCUT2D eigenvalue weighted by Crippen LogP contribution is 2.21. The second kappa shape index (κ2) is 6.32. The number of methoxy groups -OCH3 is 1. The summed E-state index contributed by atoms with van der Waals surface area (Å²) in [4.78, 5) is 25.3. The van der Waals surface area contributed by atoms with Crippen LogP contribution in [0.25, 0.3) is 0 Å². The van der Waals surface area contributed by atoms with Gasteiger partial charge in [0.2, 0.25) is 0 Å². The normalized spacial score (nSPS) is 18.8. The third kappa shape index (κ3) is 2.83. The van der Waals surface area contributed by atoms with E-state index in [1.165, 1.54) is 24.1 Å². The van der Waals surface area contributed by atoms with Crippen molar-refractivity contribution in [3.63, 3.8) is 0 Å². The first-order valence-corrected chi connectivity index (χ1v) is 6.76.